The van der Waals surface area contributed by atoms with E-state index in [0.29, 0.717) is 6.42 Å². The highest BCUT2D eigenvalue weighted by atomic mass is 16.3. The van der Waals surface area contributed by atoms with Crippen molar-refractivity contribution in [2.75, 3.05) is 0 Å². The van der Waals surface area contributed by atoms with Crippen LogP contribution in [0.5, 0.6) is 0 Å². The van der Waals surface area contributed by atoms with E-state index in [1.54, 1.807) is 12.2 Å². The molecule has 2 N–H and O–H groups in total. The van der Waals surface area contributed by atoms with Crippen LogP contribution in [-0.4, -0.2) is 21.9 Å². The maximum Gasteiger partial charge on any atom is 0.0856 e. The van der Waals surface area contributed by atoms with Crippen LogP contribution in [0.2, 0.25) is 0 Å². The van der Waals surface area contributed by atoms with E-state index in [4.69, 9.17) is 0 Å². The number of aliphatic hydroxyl groups is 2. The van der Waals surface area contributed by atoms with Gasteiger partial charge in [-0.1, -0.05) is 109 Å². The fourth-order valence-corrected chi connectivity index (χ4v) is 3.60. The summed E-state index contributed by atoms with van der Waals surface area (Å²) < 4.78 is 0. The SMILES string of the molecule is CCCCCCCCCCCCCCCC[C@]1(O)C=C[C@@H](O)C1. The molecule has 23 heavy (non-hydrogen) atoms. The van der Waals surface area contributed by atoms with Gasteiger partial charge < -0.3 is 10.2 Å². The summed E-state index contributed by atoms with van der Waals surface area (Å²) >= 11 is 0. The van der Waals surface area contributed by atoms with Crippen LogP contribution in [0.25, 0.3) is 0 Å². The van der Waals surface area contributed by atoms with Crippen LogP contribution in [0.3, 0.4) is 0 Å². The van der Waals surface area contributed by atoms with Crippen molar-refractivity contribution in [2.24, 2.45) is 0 Å². The van der Waals surface area contributed by atoms with Crippen molar-refractivity contribution in [3.05, 3.63) is 12.2 Å². The standard InChI is InChI=1S/C21H40O2/c1-2-3-4-5-6-7-8-9-10-11-12-13-14-15-17-21(23)18-16-20(22)19-21/h16,18,20,22-23H,2-15,17,19H2,1H3/t20-,21+/m1/s1. The summed E-state index contributed by atoms with van der Waals surface area (Å²) in [4.78, 5) is 0. The molecule has 2 atom stereocenters. The van der Waals surface area contributed by atoms with E-state index >= 15 is 0 Å². The molecule has 0 spiro atoms. The molecule has 0 bridgehead atoms. The van der Waals surface area contributed by atoms with Crippen molar-refractivity contribution in [3.63, 3.8) is 0 Å². The summed E-state index contributed by atoms with van der Waals surface area (Å²) in [5, 5.41) is 19.6. The summed E-state index contributed by atoms with van der Waals surface area (Å²) in [5.41, 5.74) is -0.726. The van der Waals surface area contributed by atoms with Gasteiger partial charge in [-0.25, -0.2) is 0 Å². The van der Waals surface area contributed by atoms with E-state index in [-0.39, 0.29) is 0 Å². The van der Waals surface area contributed by atoms with Crippen molar-refractivity contribution >= 4 is 0 Å². The molecule has 1 aliphatic rings. The Morgan fingerprint density at radius 2 is 1.22 bits per heavy atom. The normalized spacial score (nSPS) is 23.7. The summed E-state index contributed by atoms with van der Waals surface area (Å²) in [7, 11) is 0. The van der Waals surface area contributed by atoms with Gasteiger partial charge in [0.2, 0.25) is 0 Å². The number of hydrogen-bond donors (Lipinski definition) is 2. The zero-order chi connectivity index (χ0) is 16.8. The van der Waals surface area contributed by atoms with Crippen molar-refractivity contribution in [3.8, 4) is 0 Å². The maximum absolute atomic E-state index is 10.2. The third-order valence-corrected chi connectivity index (χ3v) is 5.15. The smallest absolute Gasteiger partial charge is 0.0856 e. The predicted octanol–water partition coefficient (Wildman–Crippen LogP) is 5.91. The molecule has 2 nitrogen and oxygen atoms in total. The van der Waals surface area contributed by atoms with E-state index < -0.39 is 11.7 Å². The summed E-state index contributed by atoms with van der Waals surface area (Å²) in [5.74, 6) is 0. The highest BCUT2D eigenvalue weighted by Crippen LogP contribution is 2.28. The Morgan fingerprint density at radius 3 is 1.61 bits per heavy atom. The van der Waals surface area contributed by atoms with Gasteiger partial charge in [-0.3, -0.25) is 0 Å². The summed E-state index contributed by atoms with van der Waals surface area (Å²) in [6.07, 6.45) is 23.4. The highest BCUT2D eigenvalue weighted by Gasteiger charge is 2.30. The zero-order valence-electron chi connectivity index (χ0n) is 15.4. The van der Waals surface area contributed by atoms with Crippen molar-refractivity contribution in [2.45, 2.75) is 121 Å². The summed E-state index contributed by atoms with van der Waals surface area (Å²) in [6.45, 7) is 2.28. The van der Waals surface area contributed by atoms with Crippen LogP contribution >= 0.6 is 0 Å². The third kappa shape index (κ3) is 10.9. The first kappa shape index (κ1) is 20.7. The fraction of sp³-hybridized carbons (Fsp3) is 0.905. The number of hydrogen-bond acceptors (Lipinski definition) is 2. The number of unbranched alkanes of at least 4 members (excludes halogenated alkanes) is 13. The molecule has 0 saturated heterocycles. The lowest BCUT2D eigenvalue weighted by Crippen LogP contribution is -2.25. The fourth-order valence-electron chi connectivity index (χ4n) is 3.60. The van der Waals surface area contributed by atoms with Gasteiger partial charge in [-0.2, -0.15) is 0 Å². The maximum atomic E-state index is 10.2. The topological polar surface area (TPSA) is 40.5 Å². The number of aliphatic hydroxyl groups excluding tert-OH is 1. The van der Waals surface area contributed by atoms with E-state index in [9.17, 15) is 10.2 Å². The van der Waals surface area contributed by atoms with Crippen molar-refractivity contribution in [1.29, 1.82) is 0 Å². The van der Waals surface area contributed by atoms with E-state index in [1.807, 2.05) is 0 Å². The molecule has 0 radical (unpaired) electrons. The molecule has 0 fully saturated rings. The lowest BCUT2D eigenvalue weighted by molar-refractivity contribution is 0.0483. The molecule has 0 saturated carbocycles. The van der Waals surface area contributed by atoms with E-state index in [1.165, 1.54) is 83.5 Å². The zero-order valence-corrected chi connectivity index (χ0v) is 15.4. The van der Waals surface area contributed by atoms with Crippen molar-refractivity contribution < 1.29 is 10.2 Å². The second-order valence-corrected chi connectivity index (χ2v) is 7.58. The Kier molecular flexibility index (Phi) is 11.7. The minimum Gasteiger partial charge on any atom is -0.389 e. The van der Waals surface area contributed by atoms with Crippen LogP contribution in [0, 0.1) is 0 Å². The molecule has 2 heteroatoms. The molecule has 136 valence electrons. The molecule has 0 aromatic carbocycles. The lowest BCUT2D eigenvalue weighted by atomic mass is 9.94. The minimum atomic E-state index is -0.726. The average molecular weight is 325 g/mol. The van der Waals surface area contributed by atoms with Gasteiger partial charge in [-0.15, -0.1) is 0 Å². The van der Waals surface area contributed by atoms with Gasteiger partial charge in [0.1, 0.15) is 0 Å². The first-order valence-electron chi connectivity index (χ1n) is 10.3. The molecule has 0 amide bonds. The highest BCUT2D eigenvalue weighted by molar-refractivity contribution is 5.12. The number of rotatable bonds is 15. The first-order chi connectivity index (χ1) is 11.2. The predicted molar refractivity (Wildman–Crippen MR) is 99.6 cm³/mol. The Morgan fingerprint density at radius 1 is 0.783 bits per heavy atom. The molecule has 0 aromatic rings. The van der Waals surface area contributed by atoms with Gasteiger partial charge >= 0.3 is 0 Å². The van der Waals surface area contributed by atoms with Gasteiger partial charge in [-0.05, 0) is 6.42 Å². The second-order valence-electron chi connectivity index (χ2n) is 7.58. The van der Waals surface area contributed by atoms with Gasteiger partial charge in [0.25, 0.3) is 0 Å². The Balaban J connectivity index is 1.76. The van der Waals surface area contributed by atoms with Crippen LogP contribution in [0.4, 0.5) is 0 Å². The van der Waals surface area contributed by atoms with E-state index in [2.05, 4.69) is 6.92 Å². The molecule has 0 unspecified atom stereocenters. The minimum absolute atomic E-state index is 0.438. The quantitative estimate of drug-likeness (QED) is 0.290. The molecule has 1 aliphatic carbocycles. The first-order valence-corrected chi connectivity index (χ1v) is 10.3. The summed E-state index contributed by atoms with van der Waals surface area (Å²) in [6, 6.07) is 0. The second kappa shape index (κ2) is 13.0. The molecule has 0 aromatic heterocycles. The van der Waals surface area contributed by atoms with E-state index in [0.717, 1.165) is 12.8 Å². The average Bonchev–Trinajstić information content (AvgIpc) is 2.87. The van der Waals surface area contributed by atoms with Crippen LogP contribution in [-0.2, 0) is 0 Å². The van der Waals surface area contributed by atoms with Crippen LogP contribution in [0.15, 0.2) is 12.2 Å². The Labute approximate surface area is 144 Å². The van der Waals surface area contributed by atoms with Gasteiger partial charge in [0, 0.05) is 6.42 Å². The third-order valence-electron chi connectivity index (χ3n) is 5.15. The van der Waals surface area contributed by atoms with Crippen LogP contribution in [0.1, 0.15) is 110 Å². The van der Waals surface area contributed by atoms with Gasteiger partial charge in [0.05, 0.1) is 11.7 Å². The largest absolute Gasteiger partial charge is 0.389 e. The van der Waals surface area contributed by atoms with Crippen LogP contribution < -0.4 is 0 Å². The molecule has 0 heterocycles. The Bertz CT molecular complexity index is 300. The Hall–Kier alpha value is -0.340. The lowest BCUT2D eigenvalue weighted by Gasteiger charge is -2.20. The molecular formula is C21H40O2. The van der Waals surface area contributed by atoms with Crippen molar-refractivity contribution in [1.82, 2.24) is 0 Å². The monoisotopic (exact) mass is 324 g/mol. The van der Waals surface area contributed by atoms with Gasteiger partial charge in [0.15, 0.2) is 0 Å². The molecule has 0 aliphatic heterocycles. The molecule has 1 rings (SSSR count). The molecular weight excluding hydrogens is 284 g/mol.